The quantitative estimate of drug-likeness (QED) is 0.559. The van der Waals surface area contributed by atoms with Gasteiger partial charge in [0.05, 0.1) is 0 Å². The molecule has 0 bridgehead atoms. The second kappa shape index (κ2) is 9.05. The van der Waals surface area contributed by atoms with Crippen LogP contribution in [0.5, 0.6) is 0 Å². The molecule has 0 aliphatic heterocycles. The van der Waals surface area contributed by atoms with E-state index >= 15 is 0 Å². The summed E-state index contributed by atoms with van der Waals surface area (Å²) in [5.74, 6) is 2.04. The van der Waals surface area contributed by atoms with Crippen LogP contribution in [0.15, 0.2) is 0 Å². The van der Waals surface area contributed by atoms with Crippen molar-refractivity contribution in [3.8, 4) is 0 Å². The number of unbranched alkanes of at least 4 members (excludes halogenated alkanes) is 2. The molecule has 2 nitrogen and oxygen atoms in total. The maximum atomic E-state index is 5.33. The number of hydrogen-bond acceptors (Lipinski definition) is 4. The van der Waals surface area contributed by atoms with Gasteiger partial charge in [-0.1, -0.05) is 54.4 Å². The van der Waals surface area contributed by atoms with Crippen molar-refractivity contribution in [2.24, 2.45) is 11.5 Å². The van der Waals surface area contributed by atoms with Crippen LogP contribution in [0.25, 0.3) is 0 Å². The van der Waals surface area contributed by atoms with E-state index in [0.717, 1.165) is 24.3 Å². The van der Waals surface area contributed by atoms with Crippen LogP contribution in [-0.4, -0.2) is 20.1 Å². The molecule has 6 heteroatoms. The van der Waals surface area contributed by atoms with Crippen molar-refractivity contribution in [2.75, 3.05) is 11.5 Å². The van der Waals surface area contributed by atoms with Crippen molar-refractivity contribution >= 4 is 56.6 Å². The third kappa shape index (κ3) is 12.5. The van der Waals surface area contributed by atoms with Gasteiger partial charge >= 0.3 is 0 Å². The van der Waals surface area contributed by atoms with Crippen LogP contribution in [0.4, 0.5) is 0 Å². The molecule has 0 aliphatic carbocycles. The summed E-state index contributed by atoms with van der Waals surface area (Å²) in [6.07, 6.45) is 3.49. The highest BCUT2D eigenvalue weighted by Gasteiger charge is 1.94. The van der Waals surface area contributed by atoms with E-state index in [1.54, 1.807) is 23.5 Å². The highest BCUT2D eigenvalue weighted by molar-refractivity contribution is 8.23. The molecule has 0 spiro atoms. The van der Waals surface area contributed by atoms with Crippen molar-refractivity contribution < 1.29 is 0 Å². The molecule has 0 aromatic heterocycles. The summed E-state index contributed by atoms with van der Waals surface area (Å²) < 4.78 is 1.08. The number of thioether (sulfide) groups is 2. The highest BCUT2D eigenvalue weighted by atomic mass is 32.2. The van der Waals surface area contributed by atoms with E-state index in [9.17, 15) is 0 Å². The van der Waals surface area contributed by atoms with Gasteiger partial charge in [-0.05, 0) is 12.8 Å². The van der Waals surface area contributed by atoms with Crippen LogP contribution in [0.1, 0.15) is 19.3 Å². The van der Waals surface area contributed by atoms with Gasteiger partial charge in [-0.15, -0.1) is 0 Å². The Bertz CT molecular complexity index is 154. The minimum Gasteiger partial charge on any atom is -0.385 e. The van der Waals surface area contributed by atoms with Crippen LogP contribution < -0.4 is 11.5 Å². The minimum absolute atomic E-state index is 0.539. The Morgan fingerprint density at radius 3 is 1.54 bits per heavy atom. The summed E-state index contributed by atoms with van der Waals surface area (Å²) >= 11 is 12.6. The first-order valence-electron chi connectivity index (χ1n) is 3.97. The zero-order valence-corrected chi connectivity index (χ0v) is 10.6. The third-order valence-corrected chi connectivity index (χ3v) is 3.54. The zero-order valence-electron chi connectivity index (χ0n) is 7.32. The summed E-state index contributed by atoms with van der Waals surface area (Å²) in [5.41, 5.74) is 10.7. The summed E-state index contributed by atoms with van der Waals surface area (Å²) in [6, 6.07) is 0. The minimum atomic E-state index is 0.539. The summed E-state index contributed by atoms with van der Waals surface area (Å²) in [5, 5.41) is 0. The lowest BCUT2D eigenvalue weighted by Gasteiger charge is -1.99. The lowest BCUT2D eigenvalue weighted by molar-refractivity contribution is 0.787. The van der Waals surface area contributed by atoms with E-state index in [4.69, 9.17) is 35.9 Å². The van der Waals surface area contributed by atoms with Crippen LogP contribution in [-0.2, 0) is 0 Å². The first kappa shape index (κ1) is 13.5. The Labute approximate surface area is 98.6 Å². The SMILES string of the molecule is NC(=S)SCCCCCSC(N)=S. The topological polar surface area (TPSA) is 52.0 Å². The molecule has 0 fully saturated rings. The molecule has 0 aromatic carbocycles. The van der Waals surface area contributed by atoms with Crippen molar-refractivity contribution in [3.63, 3.8) is 0 Å². The lowest BCUT2D eigenvalue weighted by Crippen LogP contribution is -2.03. The fourth-order valence-corrected chi connectivity index (χ4v) is 2.33. The van der Waals surface area contributed by atoms with E-state index in [-0.39, 0.29) is 0 Å². The standard InChI is InChI=1S/C7H14N2S4/c8-6(10)12-4-2-1-3-5-13-7(9)11/h1-5H2,(H2,8,10)(H2,9,11). The Kier molecular flexibility index (Phi) is 9.39. The van der Waals surface area contributed by atoms with E-state index in [2.05, 4.69) is 0 Å². The van der Waals surface area contributed by atoms with Crippen molar-refractivity contribution in [2.45, 2.75) is 19.3 Å². The number of rotatable bonds is 6. The Morgan fingerprint density at radius 2 is 1.23 bits per heavy atom. The van der Waals surface area contributed by atoms with Gasteiger partial charge in [0.2, 0.25) is 0 Å². The number of hydrogen-bond donors (Lipinski definition) is 2. The average molecular weight is 254 g/mol. The van der Waals surface area contributed by atoms with Gasteiger partial charge in [-0.3, -0.25) is 0 Å². The van der Waals surface area contributed by atoms with Gasteiger partial charge in [0.25, 0.3) is 0 Å². The van der Waals surface area contributed by atoms with E-state index in [0.29, 0.717) is 8.64 Å². The van der Waals surface area contributed by atoms with Crippen LogP contribution in [0.3, 0.4) is 0 Å². The Balaban J connectivity index is 3.00. The molecule has 0 atom stereocenters. The molecular weight excluding hydrogens is 240 g/mol. The Morgan fingerprint density at radius 1 is 0.846 bits per heavy atom. The van der Waals surface area contributed by atoms with E-state index in [1.807, 2.05) is 0 Å². The monoisotopic (exact) mass is 254 g/mol. The maximum absolute atomic E-state index is 5.33. The molecule has 4 N–H and O–H groups in total. The fourth-order valence-electron chi connectivity index (χ4n) is 0.726. The molecule has 0 saturated carbocycles. The predicted molar refractivity (Wildman–Crippen MR) is 72.3 cm³/mol. The lowest BCUT2D eigenvalue weighted by atomic mass is 10.3. The van der Waals surface area contributed by atoms with Gasteiger partial charge in [-0.25, -0.2) is 0 Å². The molecule has 0 unspecified atom stereocenters. The molecular formula is C7H14N2S4. The molecule has 0 radical (unpaired) electrons. The van der Waals surface area contributed by atoms with E-state index in [1.165, 1.54) is 6.42 Å². The van der Waals surface area contributed by atoms with Gasteiger partial charge in [0, 0.05) is 11.5 Å². The molecule has 13 heavy (non-hydrogen) atoms. The first-order chi connectivity index (χ1) is 6.13. The molecule has 0 aromatic rings. The smallest absolute Gasteiger partial charge is 0.131 e. The van der Waals surface area contributed by atoms with Gasteiger partial charge < -0.3 is 11.5 Å². The van der Waals surface area contributed by atoms with Crippen molar-refractivity contribution in [1.82, 2.24) is 0 Å². The number of thiocarbonyl (C=S) groups is 2. The van der Waals surface area contributed by atoms with Gasteiger partial charge in [0.15, 0.2) is 0 Å². The summed E-state index contributed by atoms with van der Waals surface area (Å²) in [7, 11) is 0. The number of nitrogens with two attached hydrogens (primary N) is 2. The van der Waals surface area contributed by atoms with Crippen LogP contribution >= 0.6 is 48.0 Å². The van der Waals surface area contributed by atoms with Crippen molar-refractivity contribution in [3.05, 3.63) is 0 Å². The molecule has 0 aliphatic rings. The average Bonchev–Trinajstić information content (AvgIpc) is 2.01. The molecule has 0 heterocycles. The van der Waals surface area contributed by atoms with E-state index < -0.39 is 0 Å². The maximum Gasteiger partial charge on any atom is 0.131 e. The van der Waals surface area contributed by atoms with Gasteiger partial charge in [-0.2, -0.15) is 0 Å². The largest absolute Gasteiger partial charge is 0.385 e. The second-order valence-electron chi connectivity index (χ2n) is 2.40. The second-order valence-corrected chi connectivity index (χ2v) is 6.07. The molecule has 0 amide bonds. The van der Waals surface area contributed by atoms with Crippen LogP contribution in [0.2, 0.25) is 0 Å². The van der Waals surface area contributed by atoms with Gasteiger partial charge in [0.1, 0.15) is 8.64 Å². The first-order valence-corrected chi connectivity index (χ1v) is 6.76. The summed E-state index contributed by atoms with van der Waals surface area (Å²) in [4.78, 5) is 0. The zero-order chi connectivity index (χ0) is 10.1. The molecule has 0 rings (SSSR count). The molecule has 0 saturated heterocycles. The van der Waals surface area contributed by atoms with Crippen LogP contribution in [0, 0.1) is 0 Å². The third-order valence-electron chi connectivity index (χ3n) is 1.28. The highest BCUT2D eigenvalue weighted by Crippen LogP contribution is 2.09. The fraction of sp³-hybridized carbons (Fsp3) is 0.714. The molecule has 76 valence electrons. The van der Waals surface area contributed by atoms with Crippen molar-refractivity contribution in [1.29, 1.82) is 0 Å². The normalized spacial score (nSPS) is 9.85. The Hall–Kier alpha value is 0.480. The summed E-state index contributed by atoms with van der Waals surface area (Å²) in [6.45, 7) is 0. The predicted octanol–water partition coefficient (Wildman–Crippen LogP) is 2.11.